The van der Waals surface area contributed by atoms with Crippen molar-refractivity contribution in [2.75, 3.05) is 0 Å². The number of carbonyl (C=O) groups excluding carboxylic acids is 1. The lowest BCUT2D eigenvalue weighted by molar-refractivity contribution is 0.0667. The molecule has 1 amide bonds. The third-order valence-corrected chi connectivity index (χ3v) is 6.70. The molecule has 0 aliphatic heterocycles. The van der Waals surface area contributed by atoms with E-state index in [1.54, 1.807) is 40.6 Å². The lowest BCUT2D eigenvalue weighted by atomic mass is 10.0. The van der Waals surface area contributed by atoms with Crippen LogP contribution in [0.15, 0.2) is 78.2 Å². The number of halogens is 2. The Balaban J connectivity index is 1.66. The Morgan fingerprint density at radius 3 is 2.60 bits per heavy atom. The largest absolute Gasteiger partial charge is 0.486 e. The predicted molar refractivity (Wildman–Crippen MR) is 135 cm³/mol. The van der Waals surface area contributed by atoms with E-state index in [4.69, 9.17) is 16.3 Å². The summed E-state index contributed by atoms with van der Waals surface area (Å²) in [4.78, 5) is 19.5. The van der Waals surface area contributed by atoms with Crippen molar-refractivity contribution in [3.05, 3.63) is 116 Å². The maximum atomic E-state index is 14.6. The number of thiazole rings is 1. The van der Waals surface area contributed by atoms with Gasteiger partial charge in [-0.05, 0) is 42.8 Å². The number of ether oxygens (including phenoxy) is 1. The van der Waals surface area contributed by atoms with Crippen LogP contribution in [0.3, 0.4) is 0 Å². The van der Waals surface area contributed by atoms with E-state index in [-0.39, 0.29) is 31.4 Å². The van der Waals surface area contributed by atoms with Crippen LogP contribution in [0.1, 0.15) is 45.2 Å². The van der Waals surface area contributed by atoms with Crippen molar-refractivity contribution >= 4 is 28.8 Å². The Morgan fingerprint density at radius 2 is 1.89 bits per heavy atom. The van der Waals surface area contributed by atoms with Gasteiger partial charge in [-0.2, -0.15) is 0 Å². The molecule has 0 aliphatic carbocycles. The van der Waals surface area contributed by atoms with Crippen LogP contribution in [0, 0.1) is 5.82 Å². The highest BCUT2D eigenvalue weighted by molar-refractivity contribution is 7.09. The van der Waals surface area contributed by atoms with Crippen molar-refractivity contribution in [2.45, 2.75) is 32.7 Å². The molecule has 3 aromatic carbocycles. The predicted octanol–water partition coefficient (Wildman–Crippen LogP) is 6.41. The first kappa shape index (κ1) is 24.9. The second kappa shape index (κ2) is 11.4. The molecule has 5 nitrogen and oxygen atoms in total. The summed E-state index contributed by atoms with van der Waals surface area (Å²) in [5.74, 6) is -0.464. The zero-order valence-electron chi connectivity index (χ0n) is 19.0. The number of benzene rings is 3. The lowest BCUT2D eigenvalue weighted by Crippen LogP contribution is -2.34. The highest BCUT2D eigenvalue weighted by Gasteiger charge is 2.26. The minimum absolute atomic E-state index is 0.000837. The molecule has 180 valence electrons. The third-order valence-electron chi connectivity index (χ3n) is 5.59. The molecule has 1 N–H and O–H groups in total. The summed E-state index contributed by atoms with van der Waals surface area (Å²) < 4.78 is 20.6. The van der Waals surface area contributed by atoms with Crippen molar-refractivity contribution in [2.24, 2.45) is 0 Å². The van der Waals surface area contributed by atoms with E-state index in [0.717, 1.165) is 5.56 Å². The SMILES string of the molecule is C[C@H](c1ccccc1)N(Cc1cc(Cl)ccc1OCc1nc(CO)cs1)C(=O)c1ccccc1F. The summed E-state index contributed by atoms with van der Waals surface area (Å²) in [6.07, 6.45) is 0. The van der Waals surface area contributed by atoms with Crippen LogP contribution in [0.2, 0.25) is 5.02 Å². The number of rotatable bonds is 9. The molecule has 1 aromatic heterocycles. The second-order valence-corrected chi connectivity index (χ2v) is 9.31. The summed E-state index contributed by atoms with van der Waals surface area (Å²) in [7, 11) is 0. The van der Waals surface area contributed by atoms with Crippen LogP contribution in [-0.2, 0) is 19.8 Å². The minimum Gasteiger partial charge on any atom is -0.486 e. The molecule has 0 fully saturated rings. The molecule has 1 heterocycles. The summed E-state index contributed by atoms with van der Waals surface area (Å²) in [5.41, 5.74) is 2.19. The molecule has 0 radical (unpaired) electrons. The van der Waals surface area contributed by atoms with Gasteiger partial charge in [-0.1, -0.05) is 54.1 Å². The van der Waals surface area contributed by atoms with Crippen LogP contribution in [0.4, 0.5) is 4.39 Å². The number of hydrogen-bond donors (Lipinski definition) is 1. The fourth-order valence-corrected chi connectivity index (χ4v) is 4.60. The van der Waals surface area contributed by atoms with Crippen LogP contribution in [0.25, 0.3) is 0 Å². The van der Waals surface area contributed by atoms with Crippen molar-refractivity contribution in [1.82, 2.24) is 9.88 Å². The molecule has 0 spiro atoms. The lowest BCUT2D eigenvalue weighted by Gasteiger charge is -2.31. The van der Waals surface area contributed by atoms with E-state index < -0.39 is 11.7 Å². The first-order valence-electron chi connectivity index (χ1n) is 11.0. The molecule has 4 rings (SSSR count). The highest BCUT2D eigenvalue weighted by Crippen LogP contribution is 2.31. The molecular formula is C27H24ClFN2O3S. The van der Waals surface area contributed by atoms with Gasteiger partial charge < -0.3 is 14.7 Å². The number of nitrogens with zero attached hydrogens (tertiary/aromatic N) is 2. The van der Waals surface area contributed by atoms with Gasteiger partial charge in [0.05, 0.1) is 30.5 Å². The van der Waals surface area contributed by atoms with Crippen molar-refractivity contribution < 1.29 is 19.0 Å². The molecule has 0 bridgehead atoms. The molecule has 4 aromatic rings. The molecule has 0 aliphatic rings. The summed E-state index contributed by atoms with van der Waals surface area (Å²) in [6, 6.07) is 20.4. The van der Waals surface area contributed by atoms with Crippen LogP contribution in [-0.4, -0.2) is 20.9 Å². The van der Waals surface area contributed by atoms with Gasteiger partial charge in [0.2, 0.25) is 0 Å². The maximum Gasteiger partial charge on any atom is 0.257 e. The van der Waals surface area contributed by atoms with E-state index in [1.807, 2.05) is 37.3 Å². The van der Waals surface area contributed by atoms with Gasteiger partial charge in [0, 0.05) is 16.0 Å². The average molecular weight is 511 g/mol. The quantitative estimate of drug-likeness (QED) is 0.282. The van der Waals surface area contributed by atoms with Gasteiger partial charge in [0.1, 0.15) is 23.2 Å². The van der Waals surface area contributed by atoms with Crippen molar-refractivity contribution in [3.63, 3.8) is 0 Å². The molecule has 0 unspecified atom stereocenters. The first-order valence-corrected chi connectivity index (χ1v) is 12.3. The van der Waals surface area contributed by atoms with Gasteiger partial charge in [0.25, 0.3) is 5.91 Å². The summed E-state index contributed by atoms with van der Waals surface area (Å²) in [5, 5.41) is 12.2. The Kier molecular flexibility index (Phi) is 8.13. The minimum atomic E-state index is -0.575. The number of aromatic nitrogens is 1. The number of aliphatic hydroxyl groups is 1. The standard InChI is InChI=1S/C27H24ClFN2O3S/c1-18(19-7-3-2-4-8-19)31(27(33)23-9-5-6-10-24(23)29)14-20-13-21(28)11-12-25(20)34-16-26-30-22(15-32)17-35-26/h2-13,17-18,32H,14-16H2,1H3/t18-/m1/s1. The van der Waals surface area contributed by atoms with E-state index in [2.05, 4.69) is 4.98 Å². The molecule has 0 saturated carbocycles. The van der Waals surface area contributed by atoms with E-state index in [9.17, 15) is 14.3 Å². The fraction of sp³-hybridized carbons (Fsp3) is 0.185. The number of hydrogen-bond acceptors (Lipinski definition) is 5. The zero-order chi connectivity index (χ0) is 24.8. The second-order valence-electron chi connectivity index (χ2n) is 7.93. The molecule has 1 atom stereocenters. The summed E-state index contributed by atoms with van der Waals surface area (Å²) in [6.45, 7) is 2.13. The molecule has 35 heavy (non-hydrogen) atoms. The van der Waals surface area contributed by atoms with Crippen LogP contribution >= 0.6 is 22.9 Å². The maximum absolute atomic E-state index is 14.6. The van der Waals surface area contributed by atoms with Gasteiger partial charge in [-0.25, -0.2) is 9.37 Å². The van der Waals surface area contributed by atoms with Gasteiger partial charge in [-0.15, -0.1) is 11.3 Å². The fourth-order valence-electron chi connectivity index (χ4n) is 3.71. The van der Waals surface area contributed by atoms with E-state index in [0.29, 0.717) is 27.0 Å². The Morgan fingerprint density at radius 1 is 1.14 bits per heavy atom. The third kappa shape index (κ3) is 6.06. The van der Waals surface area contributed by atoms with Crippen LogP contribution < -0.4 is 4.74 Å². The number of aliphatic hydroxyl groups excluding tert-OH is 1. The van der Waals surface area contributed by atoms with Crippen molar-refractivity contribution in [1.29, 1.82) is 0 Å². The number of carbonyl (C=O) groups is 1. The van der Waals surface area contributed by atoms with Crippen LogP contribution in [0.5, 0.6) is 5.75 Å². The molecular weight excluding hydrogens is 487 g/mol. The molecule has 8 heteroatoms. The van der Waals surface area contributed by atoms with Crippen molar-refractivity contribution in [3.8, 4) is 5.75 Å². The van der Waals surface area contributed by atoms with E-state index >= 15 is 0 Å². The molecule has 0 saturated heterocycles. The van der Waals surface area contributed by atoms with E-state index in [1.165, 1.54) is 23.5 Å². The zero-order valence-corrected chi connectivity index (χ0v) is 20.6. The highest BCUT2D eigenvalue weighted by atomic mass is 35.5. The van der Waals surface area contributed by atoms with Gasteiger partial charge in [-0.3, -0.25) is 4.79 Å². The number of amides is 1. The Hall–Kier alpha value is -3.26. The topological polar surface area (TPSA) is 62.7 Å². The summed E-state index contributed by atoms with van der Waals surface area (Å²) >= 11 is 7.69. The smallest absolute Gasteiger partial charge is 0.257 e. The Labute approximate surface area is 212 Å². The normalized spacial score (nSPS) is 11.8. The Bertz CT molecular complexity index is 1300. The first-order chi connectivity index (χ1) is 17.0. The van der Waals surface area contributed by atoms with Gasteiger partial charge in [0.15, 0.2) is 0 Å². The van der Waals surface area contributed by atoms with Gasteiger partial charge >= 0.3 is 0 Å². The monoisotopic (exact) mass is 510 g/mol. The average Bonchev–Trinajstić information content (AvgIpc) is 3.35.